The minimum Gasteiger partial charge on any atom is -0.374 e. The van der Waals surface area contributed by atoms with Crippen molar-refractivity contribution in [2.75, 3.05) is 0 Å². The molecule has 0 unspecified atom stereocenters. The Kier molecular flexibility index (Phi) is 7.20. The van der Waals surface area contributed by atoms with Crippen LogP contribution in [0.15, 0.2) is 48.5 Å². The highest BCUT2D eigenvalue weighted by molar-refractivity contribution is 5.97. The van der Waals surface area contributed by atoms with Crippen molar-refractivity contribution in [2.24, 2.45) is 5.73 Å². The summed E-state index contributed by atoms with van der Waals surface area (Å²) >= 11 is 0. The fourth-order valence-corrected chi connectivity index (χ4v) is 2.71. The van der Waals surface area contributed by atoms with Crippen molar-refractivity contribution in [1.82, 2.24) is 10.8 Å². The van der Waals surface area contributed by atoms with E-state index in [9.17, 15) is 9.59 Å². The number of hydrogen-bond acceptors (Lipinski definition) is 5. The molecule has 1 saturated carbocycles. The van der Waals surface area contributed by atoms with Crippen LogP contribution in [-0.2, 0) is 16.1 Å². The molecule has 2 aromatic carbocycles. The van der Waals surface area contributed by atoms with Gasteiger partial charge in [-0.15, -0.1) is 0 Å². The molecule has 2 atom stereocenters. The molecule has 156 valence electrons. The van der Waals surface area contributed by atoms with E-state index < -0.39 is 23.9 Å². The molecule has 1 aliphatic carbocycles. The lowest BCUT2D eigenvalue weighted by molar-refractivity contribution is -0.131. The Morgan fingerprint density at radius 2 is 1.67 bits per heavy atom. The van der Waals surface area contributed by atoms with Gasteiger partial charge in [0.15, 0.2) is 0 Å². The molecule has 0 heterocycles. The Morgan fingerprint density at radius 3 is 2.17 bits per heavy atom. The fourth-order valence-electron chi connectivity index (χ4n) is 2.71. The van der Waals surface area contributed by atoms with Crippen LogP contribution >= 0.6 is 0 Å². The number of amides is 2. The number of hydroxylamine groups is 1. The van der Waals surface area contributed by atoms with E-state index in [0.717, 1.165) is 29.5 Å². The maximum atomic E-state index is 12.3. The van der Waals surface area contributed by atoms with Crippen LogP contribution in [0.3, 0.4) is 0 Å². The largest absolute Gasteiger partial charge is 0.374 e. The summed E-state index contributed by atoms with van der Waals surface area (Å²) in [6.45, 7) is 2.19. The van der Waals surface area contributed by atoms with Crippen molar-refractivity contribution in [3.8, 4) is 11.8 Å². The van der Waals surface area contributed by atoms with Crippen molar-refractivity contribution in [3.63, 3.8) is 0 Å². The summed E-state index contributed by atoms with van der Waals surface area (Å²) in [6.07, 6.45) is 2.76. The molecule has 2 aromatic rings. The molecule has 0 aromatic heterocycles. The van der Waals surface area contributed by atoms with E-state index in [2.05, 4.69) is 17.2 Å². The number of nitrogens with two attached hydrogens (primary N) is 1. The van der Waals surface area contributed by atoms with Gasteiger partial charge in [0.2, 0.25) is 0 Å². The highest BCUT2D eigenvalue weighted by Gasteiger charge is 2.24. The van der Waals surface area contributed by atoms with Crippen molar-refractivity contribution in [3.05, 3.63) is 70.8 Å². The topological polar surface area (TPSA) is 114 Å². The number of nitrogens with one attached hydrogen (secondary N) is 2. The van der Waals surface area contributed by atoms with E-state index in [1.54, 1.807) is 31.2 Å². The number of hydrogen-bond donors (Lipinski definition) is 4. The van der Waals surface area contributed by atoms with Crippen molar-refractivity contribution in [1.29, 1.82) is 0 Å². The van der Waals surface area contributed by atoms with Crippen LogP contribution in [0.4, 0.5) is 0 Å². The quantitative estimate of drug-likeness (QED) is 0.317. The number of ether oxygens (including phenoxy) is 1. The predicted octanol–water partition coefficient (Wildman–Crippen LogP) is 1.72. The summed E-state index contributed by atoms with van der Waals surface area (Å²) in [7, 11) is 0. The average Bonchev–Trinajstić information content (AvgIpc) is 3.59. The summed E-state index contributed by atoms with van der Waals surface area (Å²) in [5, 5.41) is 11.3. The van der Waals surface area contributed by atoms with E-state index in [0.29, 0.717) is 18.3 Å². The van der Waals surface area contributed by atoms with E-state index in [-0.39, 0.29) is 0 Å². The highest BCUT2D eigenvalue weighted by atomic mass is 16.5. The van der Waals surface area contributed by atoms with Gasteiger partial charge in [-0.3, -0.25) is 14.8 Å². The van der Waals surface area contributed by atoms with Crippen LogP contribution in [0.25, 0.3) is 0 Å². The SMILES string of the molecule is C[C@@H](N)[C@H](NC(=O)c1ccc(C#Cc2ccc(COC3CC3)cc2)cc1)C(=O)NO. The Hall–Kier alpha value is -3.18. The van der Waals surface area contributed by atoms with Gasteiger partial charge in [-0.1, -0.05) is 24.0 Å². The number of carbonyl (C=O) groups is 2. The van der Waals surface area contributed by atoms with Crippen molar-refractivity contribution in [2.45, 2.75) is 44.6 Å². The van der Waals surface area contributed by atoms with Gasteiger partial charge < -0.3 is 15.8 Å². The van der Waals surface area contributed by atoms with Gasteiger partial charge in [0.1, 0.15) is 6.04 Å². The standard InChI is InChI=1S/C23H25N3O4/c1-15(24)21(23(28)26-29)25-22(27)19-10-8-17(9-11-19)3-2-16-4-6-18(7-5-16)14-30-20-12-13-20/h4-11,15,20-21,29H,12-14,24H2,1H3,(H,25,27)(H,26,28)/t15-,21+/m1/s1. The maximum absolute atomic E-state index is 12.3. The zero-order valence-electron chi connectivity index (χ0n) is 16.7. The van der Waals surface area contributed by atoms with E-state index >= 15 is 0 Å². The summed E-state index contributed by atoms with van der Waals surface area (Å²) in [5.74, 6) is 4.92. The summed E-state index contributed by atoms with van der Waals surface area (Å²) in [4.78, 5) is 23.9. The van der Waals surface area contributed by atoms with Crippen molar-refractivity contribution >= 4 is 11.8 Å². The second-order valence-electron chi connectivity index (χ2n) is 7.32. The minimum absolute atomic E-state index is 0.358. The second-order valence-corrected chi connectivity index (χ2v) is 7.32. The lowest BCUT2D eigenvalue weighted by Gasteiger charge is -2.20. The Balaban J connectivity index is 1.59. The predicted molar refractivity (Wildman–Crippen MR) is 112 cm³/mol. The molecule has 7 nitrogen and oxygen atoms in total. The molecule has 3 rings (SSSR count). The summed E-state index contributed by atoms with van der Waals surface area (Å²) in [6, 6.07) is 12.9. The van der Waals surface area contributed by atoms with Crippen LogP contribution < -0.4 is 16.5 Å². The number of rotatable bonds is 7. The first kappa shape index (κ1) is 21.5. The van der Waals surface area contributed by atoms with E-state index in [1.165, 1.54) is 5.48 Å². The average molecular weight is 407 g/mol. The van der Waals surface area contributed by atoms with E-state index in [1.807, 2.05) is 24.3 Å². The van der Waals surface area contributed by atoms with Gasteiger partial charge in [-0.05, 0) is 61.7 Å². The fraction of sp³-hybridized carbons (Fsp3) is 0.304. The Labute approximate surface area is 175 Å². The van der Waals surface area contributed by atoms with Gasteiger partial charge in [-0.25, -0.2) is 5.48 Å². The lowest BCUT2D eigenvalue weighted by Crippen LogP contribution is -2.54. The molecule has 0 radical (unpaired) electrons. The first-order chi connectivity index (χ1) is 14.5. The van der Waals surface area contributed by atoms with Gasteiger partial charge in [-0.2, -0.15) is 0 Å². The molecule has 0 aliphatic heterocycles. The molecule has 0 spiro atoms. The molecule has 7 heteroatoms. The molecular weight excluding hydrogens is 382 g/mol. The first-order valence-corrected chi connectivity index (χ1v) is 9.79. The molecule has 0 bridgehead atoms. The monoisotopic (exact) mass is 407 g/mol. The normalized spacial score (nSPS) is 14.8. The van der Waals surface area contributed by atoms with E-state index in [4.69, 9.17) is 15.7 Å². The second kappa shape index (κ2) is 10.0. The highest BCUT2D eigenvalue weighted by Crippen LogP contribution is 2.24. The van der Waals surface area contributed by atoms with Crippen LogP contribution in [0.5, 0.6) is 0 Å². The van der Waals surface area contributed by atoms with Crippen LogP contribution in [0.1, 0.15) is 46.8 Å². The summed E-state index contributed by atoms with van der Waals surface area (Å²) in [5.41, 5.74) is 10.3. The molecule has 1 aliphatic rings. The third-order valence-electron chi connectivity index (χ3n) is 4.67. The molecule has 30 heavy (non-hydrogen) atoms. The van der Waals surface area contributed by atoms with Gasteiger partial charge in [0, 0.05) is 22.7 Å². The molecule has 2 amide bonds. The van der Waals surface area contributed by atoms with Gasteiger partial charge >= 0.3 is 0 Å². The first-order valence-electron chi connectivity index (χ1n) is 9.79. The number of carbonyl (C=O) groups excluding carboxylic acids is 2. The van der Waals surface area contributed by atoms with Crippen LogP contribution in [0, 0.1) is 11.8 Å². The number of benzene rings is 2. The summed E-state index contributed by atoms with van der Waals surface area (Å²) < 4.78 is 5.68. The van der Waals surface area contributed by atoms with Crippen LogP contribution in [-0.4, -0.2) is 35.2 Å². The zero-order chi connectivity index (χ0) is 21.5. The Morgan fingerprint density at radius 1 is 1.10 bits per heavy atom. The minimum atomic E-state index is -1.04. The molecule has 0 saturated heterocycles. The lowest BCUT2D eigenvalue weighted by atomic mass is 10.1. The third kappa shape index (κ3) is 6.16. The smallest absolute Gasteiger partial charge is 0.267 e. The molecule has 5 N–H and O–H groups in total. The maximum Gasteiger partial charge on any atom is 0.267 e. The van der Waals surface area contributed by atoms with Crippen molar-refractivity contribution < 1.29 is 19.5 Å². The zero-order valence-corrected chi connectivity index (χ0v) is 16.7. The van der Waals surface area contributed by atoms with Gasteiger partial charge in [0.05, 0.1) is 12.7 Å². The Bertz CT molecular complexity index is 939. The van der Waals surface area contributed by atoms with Crippen LogP contribution in [0.2, 0.25) is 0 Å². The molecule has 1 fully saturated rings. The third-order valence-corrected chi connectivity index (χ3v) is 4.67. The molecular formula is C23H25N3O4. The van der Waals surface area contributed by atoms with Gasteiger partial charge in [0.25, 0.3) is 11.8 Å².